The highest BCUT2D eigenvalue weighted by Gasteiger charge is 2.22. The van der Waals surface area contributed by atoms with Crippen LogP contribution in [0.25, 0.3) is 0 Å². The summed E-state index contributed by atoms with van der Waals surface area (Å²) in [6.45, 7) is 8.03. The first-order valence-corrected chi connectivity index (χ1v) is 8.69. The Bertz CT molecular complexity index is 591. The molecule has 0 atom stereocenters. The van der Waals surface area contributed by atoms with Gasteiger partial charge in [0.25, 0.3) is 0 Å². The third kappa shape index (κ3) is 5.20. The Morgan fingerprint density at radius 2 is 1.68 bits per heavy atom. The zero-order chi connectivity index (χ0) is 18.2. The Kier molecular flexibility index (Phi) is 6.80. The van der Waals surface area contributed by atoms with Crippen LogP contribution in [-0.2, 0) is 14.4 Å². The molecule has 0 saturated carbocycles. The fourth-order valence-corrected chi connectivity index (χ4v) is 2.88. The van der Waals surface area contributed by atoms with E-state index in [1.807, 2.05) is 24.3 Å². The van der Waals surface area contributed by atoms with Gasteiger partial charge in [0.1, 0.15) is 6.42 Å². The standard InChI is InChI=1S/C18H26N4O3/c1-3-21(4-2)16-7-5-15(6-8-16)19-17(24)13-18(25)22-11-9-20(14-23)10-12-22/h5-8,14H,3-4,9-13H2,1-2H3,(H,19,24). The maximum atomic E-state index is 12.2. The third-order valence-electron chi connectivity index (χ3n) is 4.41. The lowest BCUT2D eigenvalue weighted by Crippen LogP contribution is -2.48. The molecule has 136 valence electrons. The molecule has 3 amide bonds. The van der Waals surface area contributed by atoms with Crippen LogP contribution < -0.4 is 10.2 Å². The van der Waals surface area contributed by atoms with E-state index in [9.17, 15) is 14.4 Å². The van der Waals surface area contributed by atoms with Crippen LogP contribution in [0.2, 0.25) is 0 Å². The molecule has 0 aliphatic carbocycles. The van der Waals surface area contributed by atoms with E-state index in [1.165, 1.54) is 0 Å². The fourth-order valence-electron chi connectivity index (χ4n) is 2.88. The molecule has 1 N–H and O–H groups in total. The van der Waals surface area contributed by atoms with Crippen LogP contribution >= 0.6 is 0 Å². The van der Waals surface area contributed by atoms with Crippen molar-refractivity contribution in [1.82, 2.24) is 9.80 Å². The van der Waals surface area contributed by atoms with Crippen molar-refractivity contribution in [3.8, 4) is 0 Å². The van der Waals surface area contributed by atoms with Crippen molar-refractivity contribution in [2.75, 3.05) is 49.5 Å². The topological polar surface area (TPSA) is 73.0 Å². The molecule has 1 fully saturated rings. The Morgan fingerprint density at radius 1 is 1.08 bits per heavy atom. The van der Waals surface area contributed by atoms with Crippen molar-refractivity contribution in [1.29, 1.82) is 0 Å². The normalized spacial score (nSPS) is 14.2. The average molecular weight is 346 g/mol. The molecule has 0 aromatic heterocycles. The molecule has 2 rings (SSSR count). The molecule has 1 aliphatic heterocycles. The number of hydrogen-bond acceptors (Lipinski definition) is 4. The Labute approximate surface area is 148 Å². The van der Waals surface area contributed by atoms with Crippen LogP contribution in [0.3, 0.4) is 0 Å². The molecule has 0 radical (unpaired) electrons. The van der Waals surface area contributed by atoms with Crippen molar-refractivity contribution >= 4 is 29.6 Å². The van der Waals surface area contributed by atoms with Crippen LogP contribution in [0, 0.1) is 0 Å². The quantitative estimate of drug-likeness (QED) is 0.594. The van der Waals surface area contributed by atoms with E-state index in [1.54, 1.807) is 9.80 Å². The first kappa shape index (κ1) is 18.8. The molecule has 7 nitrogen and oxygen atoms in total. The van der Waals surface area contributed by atoms with Gasteiger partial charge in [0.2, 0.25) is 18.2 Å². The van der Waals surface area contributed by atoms with Crippen LogP contribution in [0.1, 0.15) is 20.3 Å². The van der Waals surface area contributed by atoms with Gasteiger partial charge in [-0.1, -0.05) is 0 Å². The van der Waals surface area contributed by atoms with Crippen LogP contribution in [0.5, 0.6) is 0 Å². The summed E-state index contributed by atoms with van der Waals surface area (Å²) in [7, 11) is 0. The molecule has 1 aliphatic rings. The van der Waals surface area contributed by atoms with Crippen molar-refractivity contribution in [3.05, 3.63) is 24.3 Å². The van der Waals surface area contributed by atoms with Gasteiger partial charge < -0.3 is 20.0 Å². The zero-order valence-electron chi connectivity index (χ0n) is 14.9. The minimum Gasteiger partial charge on any atom is -0.372 e. The van der Waals surface area contributed by atoms with Gasteiger partial charge in [-0.3, -0.25) is 14.4 Å². The van der Waals surface area contributed by atoms with Gasteiger partial charge in [-0.25, -0.2) is 0 Å². The Hall–Kier alpha value is -2.57. The smallest absolute Gasteiger partial charge is 0.233 e. The number of hydrogen-bond donors (Lipinski definition) is 1. The molecule has 1 aromatic carbocycles. The number of carbonyl (C=O) groups excluding carboxylic acids is 3. The molecule has 1 heterocycles. The number of carbonyl (C=O) groups is 3. The number of nitrogens with zero attached hydrogens (tertiary/aromatic N) is 3. The molecule has 0 bridgehead atoms. The van der Waals surface area contributed by atoms with Crippen molar-refractivity contribution < 1.29 is 14.4 Å². The van der Waals surface area contributed by atoms with Gasteiger partial charge in [-0.2, -0.15) is 0 Å². The summed E-state index contributed by atoms with van der Waals surface area (Å²) >= 11 is 0. The lowest BCUT2D eigenvalue weighted by Gasteiger charge is -2.32. The largest absolute Gasteiger partial charge is 0.372 e. The zero-order valence-corrected chi connectivity index (χ0v) is 14.9. The monoisotopic (exact) mass is 346 g/mol. The lowest BCUT2D eigenvalue weighted by molar-refractivity contribution is -0.137. The summed E-state index contributed by atoms with van der Waals surface area (Å²) in [5.74, 6) is -0.527. The fraction of sp³-hybridized carbons (Fsp3) is 0.500. The molecular formula is C18H26N4O3. The Balaban J connectivity index is 1.83. The summed E-state index contributed by atoms with van der Waals surface area (Å²) in [6.07, 6.45) is 0.606. The second kappa shape index (κ2) is 9.05. The summed E-state index contributed by atoms with van der Waals surface area (Å²) in [5, 5.41) is 2.76. The number of rotatable bonds is 7. The number of anilines is 2. The predicted molar refractivity (Wildman–Crippen MR) is 97.5 cm³/mol. The SMILES string of the molecule is CCN(CC)c1ccc(NC(=O)CC(=O)N2CCN(C=O)CC2)cc1. The van der Waals surface area contributed by atoms with Gasteiger partial charge in [0, 0.05) is 50.6 Å². The van der Waals surface area contributed by atoms with Crippen LogP contribution in [0.15, 0.2) is 24.3 Å². The van der Waals surface area contributed by atoms with E-state index in [-0.39, 0.29) is 18.2 Å². The van der Waals surface area contributed by atoms with E-state index in [0.717, 1.165) is 25.2 Å². The maximum Gasteiger partial charge on any atom is 0.233 e. The molecular weight excluding hydrogens is 320 g/mol. The summed E-state index contributed by atoms with van der Waals surface area (Å²) in [6, 6.07) is 7.62. The third-order valence-corrected chi connectivity index (χ3v) is 4.41. The minimum absolute atomic E-state index is 0.182. The first-order valence-electron chi connectivity index (χ1n) is 8.69. The van der Waals surface area contributed by atoms with Crippen LogP contribution in [-0.4, -0.2) is 67.3 Å². The van der Waals surface area contributed by atoms with Crippen LogP contribution in [0.4, 0.5) is 11.4 Å². The number of amides is 3. The molecule has 0 unspecified atom stereocenters. The van der Waals surface area contributed by atoms with Gasteiger partial charge in [0.05, 0.1) is 0 Å². The summed E-state index contributed by atoms with van der Waals surface area (Å²) in [4.78, 5) is 40.4. The average Bonchev–Trinajstić information content (AvgIpc) is 2.64. The molecule has 0 spiro atoms. The van der Waals surface area contributed by atoms with E-state index in [0.29, 0.717) is 31.9 Å². The number of nitrogens with one attached hydrogen (secondary N) is 1. The van der Waals surface area contributed by atoms with Gasteiger partial charge in [-0.05, 0) is 38.1 Å². The van der Waals surface area contributed by atoms with E-state index < -0.39 is 0 Å². The predicted octanol–water partition coefficient (Wildman–Crippen LogP) is 1.16. The second-order valence-corrected chi connectivity index (χ2v) is 5.97. The highest BCUT2D eigenvalue weighted by atomic mass is 16.2. The first-order chi connectivity index (χ1) is 12.1. The minimum atomic E-state index is -0.321. The van der Waals surface area contributed by atoms with Crippen molar-refractivity contribution in [2.45, 2.75) is 20.3 Å². The molecule has 7 heteroatoms. The van der Waals surface area contributed by atoms with Gasteiger partial charge in [-0.15, -0.1) is 0 Å². The van der Waals surface area contributed by atoms with Gasteiger partial charge in [0.15, 0.2) is 0 Å². The van der Waals surface area contributed by atoms with E-state index >= 15 is 0 Å². The highest BCUT2D eigenvalue weighted by Crippen LogP contribution is 2.18. The molecule has 1 saturated heterocycles. The van der Waals surface area contributed by atoms with E-state index in [4.69, 9.17) is 0 Å². The number of benzene rings is 1. The molecule has 25 heavy (non-hydrogen) atoms. The van der Waals surface area contributed by atoms with E-state index in [2.05, 4.69) is 24.1 Å². The van der Waals surface area contributed by atoms with Gasteiger partial charge >= 0.3 is 0 Å². The summed E-state index contributed by atoms with van der Waals surface area (Å²) in [5.41, 5.74) is 1.78. The highest BCUT2D eigenvalue weighted by molar-refractivity contribution is 6.03. The van der Waals surface area contributed by atoms with Crippen molar-refractivity contribution in [3.63, 3.8) is 0 Å². The van der Waals surface area contributed by atoms with Crippen molar-refractivity contribution in [2.24, 2.45) is 0 Å². The molecule has 1 aromatic rings. The maximum absolute atomic E-state index is 12.2. The second-order valence-electron chi connectivity index (χ2n) is 5.97. The Morgan fingerprint density at radius 3 is 2.20 bits per heavy atom. The lowest BCUT2D eigenvalue weighted by atomic mass is 10.2. The number of piperazine rings is 1. The summed E-state index contributed by atoms with van der Waals surface area (Å²) < 4.78 is 0.